The minimum absolute atomic E-state index is 0.00346. The van der Waals surface area contributed by atoms with Crippen molar-refractivity contribution in [2.45, 2.75) is 38.6 Å². The van der Waals surface area contributed by atoms with Crippen LogP contribution < -0.4 is 15.4 Å². The van der Waals surface area contributed by atoms with E-state index in [1.807, 2.05) is 12.1 Å². The van der Waals surface area contributed by atoms with Crippen LogP contribution in [0, 0.1) is 5.92 Å². The number of nitrogens with zero attached hydrogens (tertiary/aromatic N) is 1. The highest BCUT2D eigenvalue weighted by atomic mass is 16.5. The van der Waals surface area contributed by atoms with Crippen molar-refractivity contribution >= 4 is 17.5 Å². The number of likely N-dealkylation sites (N-methyl/N-ethyl adjacent to an activating group) is 1. The number of benzene rings is 1. The van der Waals surface area contributed by atoms with Gasteiger partial charge >= 0.3 is 0 Å². The third-order valence-electron chi connectivity index (χ3n) is 4.61. The molecule has 0 aliphatic heterocycles. The summed E-state index contributed by atoms with van der Waals surface area (Å²) in [4.78, 5) is 25.2. The smallest absolute Gasteiger partial charge is 0.259 e. The van der Waals surface area contributed by atoms with Crippen LogP contribution in [0.2, 0.25) is 0 Å². The van der Waals surface area contributed by atoms with Crippen LogP contribution in [0.3, 0.4) is 0 Å². The molecule has 2 rings (SSSR count). The number of rotatable bonds is 7. The molecule has 138 valence electrons. The van der Waals surface area contributed by atoms with Gasteiger partial charge in [-0.15, -0.1) is 0 Å². The largest absolute Gasteiger partial charge is 0.484 e. The maximum absolute atomic E-state index is 12.2. The predicted octanol–water partition coefficient (Wildman–Crippen LogP) is 2.26. The summed E-state index contributed by atoms with van der Waals surface area (Å²) in [5, 5.41) is 6.24. The molecule has 0 saturated heterocycles. The fourth-order valence-electron chi connectivity index (χ4n) is 2.94. The summed E-state index contributed by atoms with van der Waals surface area (Å²) in [5.41, 5.74) is 0.793. The number of ether oxygens (including phenoxy) is 1. The maximum atomic E-state index is 12.2. The van der Waals surface area contributed by atoms with Crippen LogP contribution in [0.5, 0.6) is 5.75 Å². The number of hydrogen-bond donors (Lipinski definition) is 2. The Kier molecular flexibility index (Phi) is 7.10. The zero-order valence-corrected chi connectivity index (χ0v) is 15.4. The van der Waals surface area contributed by atoms with Gasteiger partial charge in [-0.05, 0) is 30.9 Å². The molecule has 2 atom stereocenters. The summed E-state index contributed by atoms with van der Waals surface area (Å²) in [5.74, 6) is 1.05. The van der Waals surface area contributed by atoms with Gasteiger partial charge in [0.15, 0.2) is 6.61 Å². The van der Waals surface area contributed by atoms with E-state index in [0.29, 0.717) is 11.7 Å². The van der Waals surface area contributed by atoms with Crippen molar-refractivity contribution in [3.63, 3.8) is 0 Å². The van der Waals surface area contributed by atoms with Gasteiger partial charge < -0.3 is 20.3 Å². The Hall–Kier alpha value is -2.24. The molecular weight excluding hydrogens is 318 g/mol. The first-order chi connectivity index (χ1) is 12.0. The number of nitrogens with one attached hydrogen (secondary N) is 2. The topological polar surface area (TPSA) is 70.7 Å². The molecule has 1 fully saturated rings. The van der Waals surface area contributed by atoms with E-state index in [-0.39, 0.29) is 31.0 Å². The molecule has 2 N–H and O–H groups in total. The molecule has 1 aromatic carbocycles. The summed E-state index contributed by atoms with van der Waals surface area (Å²) in [6, 6.07) is 7.57. The molecule has 0 radical (unpaired) electrons. The molecule has 0 unspecified atom stereocenters. The molecule has 0 spiro atoms. The van der Waals surface area contributed by atoms with Crippen molar-refractivity contribution in [1.82, 2.24) is 10.2 Å². The van der Waals surface area contributed by atoms with Gasteiger partial charge in [0.1, 0.15) is 5.75 Å². The van der Waals surface area contributed by atoms with Gasteiger partial charge in [-0.3, -0.25) is 9.59 Å². The molecule has 6 nitrogen and oxygen atoms in total. The van der Waals surface area contributed by atoms with Crippen LogP contribution >= 0.6 is 0 Å². The third kappa shape index (κ3) is 6.29. The zero-order chi connectivity index (χ0) is 18.2. The second-order valence-electron chi connectivity index (χ2n) is 6.89. The van der Waals surface area contributed by atoms with E-state index in [9.17, 15) is 9.59 Å². The van der Waals surface area contributed by atoms with Crippen LogP contribution in [0.15, 0.2) is 24.3 Å². The lowest BCUT2D eigenvalue weighted by atomic mass is 9.86. The first-order valence-corrected chi connectivity index (χ1v) is 8.92. The van der Waals surface area contributed by atoms with E-state index in [0.717, 1.165) is 12.1 Å². The molecule has 2 amide bonds. The minimum atomic E-state index is -0.0978. The Balaban J connectivity index is 1.79. The zero-order valence-electron chi connectivity index (χ0n) is 15.4. The molecule has 0 bridgehead atoms. The second kappa shape index (κ2) is 9.30. The Morgan fingerprint density at radius 2 is 2.00 bits per heavy atom. The van der Waals surface area contributed by atoms with E-state index < -0.39 is 0 Å². The fraction of sp³-hybridized carbons (Fsp3) is 0.579. The summed E-state index contributed by atoms with van der Waals surface area (Å²) >= 11 is 0. The Morgan fingerprint density at radius 1 is 1.24 bits per heavy atom. The van der Waals surface area contributed by atoms with Crippen molar-refractivity contribution < 1.29 is 14.3 Å². The predicted molar refractivity (Wildman–Crippen MR) is 98.7 cm³/mol. The number of amides is 2. The highest BCUT2D eigenvalue weighted by molar-refractivity contribution is 5.81. The highest BCUT2D eigenvalue weighted by Gasteiger charge is 2.22. The van der Waals surface area contributed by atoms with Gasteiger partial charge in [0, 0.05) is 31.9 Å². The van der Waals surface area contributed by atoms with Crippen molar-refractivity contribution in [1.29, 1.82) is 0 Å². The standard InChI is InChI=1S/C19H29N3O3/c1-14-7-4-5-10-17(14)21-18(23)12-20-15-8-6-9-16(11-15)25-13-19(24)22(2)3/h6,8-9,11,14,17,20H,4-5,7,10,12-13H2,1-3H3,(H,21,23)/t14-,17-/m0/s1. The molecular formula is C19H29N3O3. The van der Waals surface area contributed by atoms with Gasteiger partial charge in [-0.1, -0.05) is 25.8 Å². The lowest BCUT2D eigenvalue weighted by Crippen LogP contribution is -2.43. The van der Waals surface area contributed by atoms with Gasteiger partial charge in [0.2, 0.25) is 5.91 Å². The summed E-state index contributed by atoms with van der Waals surface area (Å²) < 4.78 is 5.48. The molecule has 1 aliphatic rings. The first-order valence-electron chi connectivity index (χ1n) is 8.92. The second-order valence-corrected chi connectivity index (χ2v) is 6.89. The average molecular weight is 347 g/mol. The Labute approximate surface area is 149 Å². The van der Waals surface area contributed by atoms with Crippen LogP contribution in [-0.2, 0) is 9.59 Å². The van der Waals surface area contributed by atoms with Crippen molar-refractivity contribution in [3.8, 4) is 5.75 Å². The number of hydrogen-bond acceptors (Lipinski definition) is 4. The molecule has 1 saturated carbocycles. The monoisotopic (exact) mass is 347 g/mol. The van der Waals surface area contributed by atoms with Gasteiger partial charge in [0.05, 0.1) is 6.54 Å². The quantitative estimate of drug-likeness (QED) is 0.794. The van der Waals surface area contributed by atoms with E-state index >= 15 is 0 Å². The molecule has 1 aromatic rings. The Morgan fingerprint density at radius 3 is 2.72 bits per heavy atom. The van der Waals surface area contributed by atoms with E-state index in [1.165, 1.54) is 24.2 Å². The molecule has 1 aliphatic carbocycles. The number of carbonyl (C=O) groups is 2. The van der Waals surface area contributed by atoms with Crippen LogP contribution in [0.4, 0.5) is 5.69 Å². The first kappa shape index (κ1) is 19.1. The lowest BCUT2D eigenvalue weighted by molar-refractivity contribution is -0.130. The SMILES string of the molecule is C[C@H]1CCCC[C@@H]1NC(=O)CNc1cccc(OCC(=O)N(C)C)c1. The van der Waals surface area contributed by atoms with Crippen LogP contribution in [-0.4, -0.2) is 50.0 Å². The van der Waals surface area contributed by atoms with Gasteiger partial charge in [0.25, 0.3) is 5.91 Å². The molecule has 0 heterocycles. The summed E-state index contributed by atoms with van der Waals surface area (Å²) in [7, 11) is 3.38. The summed E-state index contributed by atoms with van der Waals surface area (Å²) in [6.07, 6.45) is 4.70. The third-order valence-corrected chi connectivity index (χ3v) is 4.61. The van der Waals surface area contributed by atoms with Gasteiger partial charge in [-0.25, -0.2) is 0 Å². The number of anilines is 1. The number of carbonyl (C=O) groups excluding carboxylic acids is 2. The summed E-state index contributed by atoms with van der Waals surface area (Å²) in [6.45, 7) is 2.42. The lowest BCUT2D eigenvalue weighted by Gasteiger charge is -2.29. The van der Waals surface area contributed by atoms with Gasteiger partial charge in [-0.2, -0.15) is 0 Å². The van der Waals surface area contributed by atoms with Crippen molar-refractivity contribution in [3.05, 3.63) is 24.3 Å². The fourth-order valence-corrected chi connectivity index (χ4v) is 2.94. The van der Waals surface area contributed by atoms with Crippen molar-refractivity contribution in [2.24, 2.45) is 5.92 Å². The van der Waals surface area contributed by atoms with E-state index in [1.54, 1.807) is 26.2 Å². The Bertz CT molecular complexity index is 589. The molecule has 6 heteroatoms. The minimum Gasteiger partial charge on any atom is -0.484 e. The normalized spacial score (nSPS) is 19.8. The van der Waals surface area contributed by atoms with Crippen molar-refractivity contribution in [2.75, 3.05) is 32.6 Å². The average Bonchev–Trinajstić information content (AvgIpc) is 2.60. The highest BCUT2D eigenvalue weighted by Crippen LogP contribution is 2.23. The van der Waals surface area contributed by atoms with Crippen LogP contribution in [0.1, 0.15) is 32.6 Å². The maximum Gasteiger partial charge on any atom is 0.259 e. The van der Waals surface area contributed by atoms with E-state index in [4.69, 9.17) is 4.74 Å². The van der Waals surface area contributed by atoms with Crippen LogP contribution in [0.25, 0.3) is 0 Å². The molecule has 0 aromatic heterocycles. The van der Waals surface area contributed by atoms with E-state index in [2.05, 4.69) is 17.6 Å². The molecule has 25 heavy (non-hydrogen) atoms.